The summed E-state index contributed by atoms with van der Waals surface area (Å²) >= 11 is 0. The number of benzene rings is 2. The van der Waals surface area contributed by atoms with E-state index in [2.05, 4.69) is 0 Å². The summed E-state index contributed by atoms with van der Waals surface area (Å²) in [5.41, 5.74) is 1.09. The molecule has 0 spiro atoms. The number of sulfonamides is 1. The number of methoxy groups -OCH3 is 2. The largest absolute Gasteiger partial charge is 0.496 e. The number of nitrogens with zero attached hydrogens (tertiary/aromatic N) is 1. The van der Waals surface area contributed by atoms with Gasteiger partial charge < -0.3 is 9.47 Å². The molecule has 0 aliphatic carbocycles. The molecule has 0 saturated heterocycles. The van der Waals surface area contributed by atoms with Crippen LogP contribution >= 0.6 is 0 Å². The first-order valence-corrected chi connectivity index (χ1v) is 8.60. The van der Waals surface area contributed by atoms with Crippen LogP contribution in [0, 0.1) is 18.3 Å². The molecular weight excluding hydrogens is 344 g/mol. The quantitative estimate of drug-likeness (QED) is 0.874. The lowest BCUT2D eigenvalue weighted by molar-refractivity contribution is 0.0980. The number of carbonyl (C=O) groups excluding carboxylic acids is 1. The third kappa shape index (κ3) is 3.89. The number of hydrogen-bond acceptors (Lipinski definition) is 6. The van der Waals surface area contributed by atoms with Gasteiger partial charge in [0.1, 0.15) is 11.5 Å². The van der Waals surface area contributed by atoms with Gasteiger partial charge in [-0.25, -0.2) is 13.1 Å². The minimum atomic E-state index is -4.07. The van der Waals surface area contributed by atoms with E-state index in [0.29, 0.717) is 22.6 Å². The van der Waals surface area contributed by atoms with Crippen molar-refractivity contribution < 1.29 is 22.7 Å². The van der Waals surface area contributed by atoms with Crippen LogP contribution in [0.25, 0.3) is 0 Å². The average Bonchev–Trinajstić information content (AvgIpc) is 2.61. The van der Waals surface area contributed by atoms with Crippen LogP contribution in [0.1, 0.15) is 21.5 Å². The Morgan fingerprint density at radius 2 is 1.60 bits per heavy atom. The SMILES string of the molecule is COc1cc(C(=O)NS(=O)(=O)c2ccc(C#N)cc2)cc(OC)c1C. The first kappa shape index (κ1) is 18.3. The van der Waals surface area contributed by atoms with Crippen LogP contribution in [0.2, 0.25) is 0 Å². The van der Waals surface area contributed by atoms with Gasteiger partial charge in [0.25, 0.3) is 15.9 Å². The summed E-state index contributed by atoms with van der Waals surface area (Å²) in [6, 6.07) is 9.98. The molecule has 2 aromatic carbocycles. The molecule has 0 bridgehead atoms. The van der Waals surface area contributed by atoms with E-state index in [1.165, 1.54) is 50.6 Å². The van der Waals surface area contributed by atoms with Crippen molar-refractivity contribution >= 4 is 15.9 Å². The number of hydrogen-bond donors (Lipinski definition) is 1. The molecule has 0 fully saturated rings. The Bertz CT molecular complexity index is 919. The number of ether oxygens (including phenoxy) is 2. The maximum atomic E-state index is 12.4. The molecule has 25 heavy (non-hydrogen) atoms. The van der Waals surface area contributed by atoms with Crippen molar-refractivity contribution in [1.29, 1.82) is 5.26 Å². The van der Waals surface area contributed by atoms with E-state index in [-0.39, 0.29) is 10.5 Å². The first-order chi connectivity index (χ1) is 11.8. The van der Waals surface area contributed by atoms with Gasteiger partial charge in [-0.3, -0.25) is 4.79 Å². The van der Waals surface area contributed by atoms with Crippen LogP contribution < -0.4 is 14.2 Å². The van der Waals surface area contributed by atoms with E-state index in [1.54, 1.807) is 6.92 Å². The van der Waals surface area contributed by atoms with Gasteiger partial charge in [0.15, 0.2) is 0 Å². The first-order valence-electron chi connectivity index (χ1n) is 7.12. The van der Waals surface area contributed by atoms with Crippen LogP contribution in [0.5, 0.6) is 11.5 Å². The van der Waals surface area contributed by atoms with Crippen LogP contribution in [0.3, 0.4) is 0 Å². The zero-order valence-corrected chi connectivity index (χ0v) is 14.7. The summed E-state index contributed by atoms with van der Waals surface area (Å²) in [6.07, 6.45) is 0. The second-order valence-electron chi connectivity index (χ2n) is 5.08. The molecule has 8 heteroatoms. The molecule has 1 amide bonds. The topological polar surface area (TPSA) is 105 Å². The van der Waals surface area contributed by atoms with Crippen molar-refractivity contribution in [1.82, 2.24) is 4.72 Å². The van der Waals surface area contributed by atoms with Gasteiger partial charge >= 0.3 is 0 Å². The lowest BCUT2D eigenvalue weighted by Gasteiger charge is -2.13. The predicted octanol–water partition coefficient (Wildman–Crippen LogP) is 2.00. The van der Waals surface area contributed by atoms with Crippen LogP contribution in [0.4, 0.5) is 0 Å². The van der Waals surface area contributed by atoms with Gasteiger partial charge in [-0.2, -0.15) is 5.26 Å². The Hall–Kier alpha value is -3.05. The second kappa shape index (κ2) is 7.23. The Labute approximate surface area is 145 Å². The monoisotopic (exact) mass is 360 g/mol. The average molecular weight is 360 g/mol. The lowest BCUT2D eigenvalue weighted by Crippen LogP contribution is -2.30. The molecule has 7 nitrogen and oxygen atoms in total. The lowest BCUT2D eigenvalue weighted by atomic mass is 10.1. The molecule has 0 radical (unpaired) electrons. The van der Waals surface area contributed by atoms with Gasteiger partial charge in [-0.1, -0.05) is 0 Å². The van der Waals surface area contributed by atoms with E-state index in [0.717, 1.165) is 0 Å². The van der Waals surface area contributed by atoms with Gasteiger partial charge in [0.05, 0.1) is 30.7 Å². The maximum absolute atomic E-state index is 12.4. The standard InChI is InChI=1S/C17H16N2O5S/c1-11-15(23-2)8-13(9-16(11)24-3)17(20)19-25(21,22)14-6-4-12(10-18)5-7-14/h4-9H,1-3H3,(H,19,20). The van der Waals surface area contributed by atoms with Gasteiger partial charge in [0.2, 0.25) is 0 Å². The van der Waals surface area contributed by atoms with Crippen molar-refractivity contribution in [3.8, 4) is 17.6 Å². The summed E-state index contributed by atoms with van der Waals surface area (Å²) in [6.45, 7) is 1.76. The number of carbonyl (C=O) groups is 1. The van der Waals surface area contributed by atoms with Crippen molar-refractivity contribution in [3.63, 3.8) is 0 Å². The molecule has 0 aliphatic rings. The van der Waals surface area contributed by atoms with E-state index in [9.17, 15) is 13.2 Å². The zero-order valence-electron chi connectivity index (χ0n) is 13.9. The molecule has 0 atom stereocenters. The summed E-state index contributed by atoms with van der Waals surface area (Å²) < 4.78 is 37.0. The van der Waals surface area contributed by atoms with Crippen LogP contribution in [-0.2, 0) is 10.0 Å². The highest BCUT2D eigenvalue weighted by molar-refractivity contribution is 7.90. The molecule has 0 unspecified atom stereocenters. The Balaban J connectivity index is 2.33. The predicted molar refractivity (Wildman–Crippen MR) is 90.1 cm³/mol. The Kier molecular flexibility index (Phi) is 5.29. The van der Waals surface area contributed by atoms with Crippen molar-refractivity contribution in [2.45, 2.75) is 11.8 Å². The third-order valence-corrected chi connectivity index (χ3v) is 4.88. The highest BCUT2D eigenvalue weighted by Crippen LogP contribution is 2.29. The summed E-state index contributed by atoms with van der Waals surface area (Å²) in [4.78, 5) is 12.2. The highest BCUT2D eigenvalue weighted by atomic mass is 32.2. The molecule has 2 aromatic rings. The molecule has 2 rings (SSSR count). The number of amides is 1. The molecule has 0 aromatic heterocycles. The summed E-state index contributed by atoms with van der Waals surface area (Å²) in [7, 11) is -1.19. The summed E-state index contributed by atoms with van der Waals surface area (Å²) in [5.74, 6) is -0.0125. The fourth-order valence-corrected chi connectivity index (χ4v) is 3.14. The molecule has 0 aliphatic heterocycles. The van der Waals surface area contributed by atoms with Gasteiger partial charge in [-0.05, 0) is 43.3 Å². The second-order valence-corrected chi connectivity index (χ2v) is 6.76. The fraction of sp³-hybridized carbons (Fsp3) is 0.176. The van der Waals surface area contributed by atoms with Crippen molar-refractivity contribution in [3.05, 3.63) is 53.1 Å². The Morgan fingerprint density at radius 1 is 1.08 bits per heavy atom. The van der Waals surface area contributed by atoms with E-state index >= 15 is 0 Å². The van der Waals surface area contributed by atoms with E-state index < -0.39 is 15.9 Å². The number of nitrogens with one attached hydrogen (secondary N) is 1. The van der Waals surface area contributed by atoms with E-state index in [4.69, 9.17) is 14.7 Å². The third-order valence-electron chi connectivity index (χ3n) is 3.54. The minimum Gasteiger partial charge on any atom is -0.496 e. The molecule has 1 N–H and O–H groups in total. The van der Waals surface area contributed by atoms with Gasteiger partial charge in [-0.15, -0.1) is 0 Å². The maximum Gasteiger partial charge on any atom is 0.265 e. The Morgan fingerprint density at radius 3 is 2.04 bits per heavy atom. The smallest absolute Gasteiger partial charge is 0.265 e. The number of nitriles is 1. The minimum absolute atomic E-state index is 0.0801. The van der Waals surface area contributed by atoms with Crippen LogP contribution in [-0.4, -0.2) is 28.5 Å². The van der Waals surface area contributed by atoms with Crippen molar-refractivity contribution in [2.75, 3.05) is 14.2 Å². The van der Waals surface area contributed by atoms with Crippen molar-refractivity contribution in [2.24, 2.45) is 0 Å². The van der Waals surface area contributed by atoms with Crippen LogP contribution in [0.15, 0.2) is 41.3 Å². The highest BCUT2D eigenvalue weighted by Gasteiger charge is 2.21. The van der Waals surface area contributed by atoms with E-state index in [1.807, 2.05) is 10.8 Å². The summed E-state index contributed by atoms with van der Waals surface area (Å²) in [5, 5.41) is 8.75. The molecule has 0 saturated carbocycles. The van der Waals surface area contributed by atoms with Gasteiger partial charge in [0, 0.05) is 11.1 Å². The number of rotatable bonds is 5. The fourth-order valence-electron chi connectivity index (χ4n) is 2.17. The molecule has 130 valence electrons. The molecule has 0 heterocycles. The normalized spacial score (nSPS) is 10.6. The molecular formula is C17H16N2O5S. The zero-order chi connectivity index (χ0) is 18.6.